The second kappa shape index (κ2) is 7.26. The van der Waals surface area contributed by atoms with E-state index in [0.717, 1.165) is 18.4 Å². The summed E-state index contributed by atoms with van der Waals surface area (Å²) in [5.74, 6) is -0.703. The van der Waals surface area contributed by atoms with E-state index in [4.69, 9.17) is 0 Å². The first-order valence-corrected chi connectivity index (χ1v) is 9.70. The van der Waals surface area contributed by atoms with Gasteiger partial charge in [0.1, 0.15) is 22.9 Å². The summed E-state index contributed by atoms with van der Waals surface area (Å²) in [6.07, 6.45) is 6.56. The maximum atomic E-state index is 14.5. The average Bonchev–Trinajstić information content (AvgIpc) is 3.43. The Balaban J connectivity index is 1.65. The Morgan fingerprint density at radius 3 is 2.57 bits per heavy atom. The summed E-state index contributed by atoms with van der Waals surface area (Å²) >= 11 is 0. The zero-order valence-corrected chi connectivity index (χ0v) is 16.0. The van der Waals surface area contributed by atoms with Gasteiger partial charge in [-0.05, 0) is 54.8 Å². The second-order valence-electron chi connectivity index (χ2n) is 7.17. The highest BCUT2D eigenvalue weighted by atomic mass is 19.1. The van der Waals surface area contributed by atoms with Gasteiger partial charge in [-0.3, -0.25) is 4.79 Å². The minimum absolute atomic E-state index is 0.241. The van der Waals surface area contributed by atoms with Crippen LogP contribution in [0.1, 0.15) is 22.3 Å². The standard InChI is InChI=1S/C23H18F2N4O/c24-17-10-9-16-6-5-13-28(21(16)14-17)23(30)18-15-26-29(20-8-2-1-7-19(20)25)22(18)27-11-3-4-12-27/h1-4,7-12,14-15H,5-6,13H2. The predicted molar refractivity (Wildman–Crippen MR) is 109 cm³/mol. The van der Waals surface area contributed by atoms with Crippen LogP contribution in [0.25, 0.3) is 11.5 Å². The lowest BCUT2D eigenvalue weighted by atomic mass is 10.0. The van der Waals surface area contributed by atoms with Crippen LogP contribution in [-0.2, 0) is 6.42 Å². The molecule has 0 unspecified atom stereocenters. The molecule has 0 spiro atoms. The van der Waals surface area contributed by atoms with Gasteiger partial charge >= 0.3 is 0 Å². The fourth-order valence-electron chi connectivity index (χ4n) is 3.92. The number of aromatic nitrogens is 3. The zero-order chi connectivity index (χ0) is 20.7. The van der Waals surface area contributed by atoms with E-state index in [2.05, 4.69) is 5.10 Å². The Morgan fingerprint density at radius 1 is 0.967 bits per heavy atom. The molecule has 0 saturated heterocycles. The van der Waals surface area contributed by atoms with Crippen molar-refractivity contribution in [2.45, 2.75) is 12.8 Å². The molecule has 150 valence electrons. The van der Waals surface area contributed by atoms with E-state index in [1.54, 1.807) is 46.1 Å². The molecule has 0 saturated carbocycles. The fraction of sp³-hybridized carbons (Fsp3) is 0.130. The van der Waals surface area contributed by atoms with Crippen molar-refractivity contribution in [2.75, 3.05) is 11.4 Å². The minimum Gasteiger partial charge on any atom is -0.308 e. The van der Waals surface area contributed by atoms with Gasteiger partial charge in [0, 0.05) is 18.9 Å². The molecule has 0 aliphatic carbocycles. The van der Waals surface area contributed by atoms with Gasteiger partial charge in [0.2, 0.25) is 0 Å². The molecular weight excluding hydrogens is 386 g/mol. The first kappa shape index (κ1) is 18.3. The van der Waals surface area contributed by atoms with Crippen LogP contribution in [0, 0.1) is 11.6 Å². The van der Waals surface area contributed by atoms with E-state index in [0.29, 0.717) is 23.6 Å². The van der Waals surface area contributed by atoms with Crippen LogP contribution < -0.4 is 4.90 Å². The molecule has 5 nitrogen and oxygen atoms in total. The van der Waals surface area contributed by atoms with Crippen LogP contribution in [0.5, 0.6) is 0 Å². The molecule has 0 bridgehead atoms. The maximum absolute atomic E-state index is 14.5. The molecule has 0 fully saturated rings. The van der Waals surface area contributed by atoms with Crippen LogP contribution in [0.2, 0.25) is 0 Å². The van der Waals surface area contributed by atoms with Crippen molar-refractivity contribution >= 4 is 11.6 Å². The highest BCUT2D eigenvalue weighted by Gasteiger charge is 2.29. The van der Waals surface area contributed by atoms with Crippen molar-refractivity contribution in [3.63, 3.8) is 0 Å². The summed E-state index contributed by atoms with van der Waals surface area (Å²) in [5, 5.41) is 4.33. The van der Waals surface area contributed by atoms with E-state index >= 15 is 0 Å². The third-order valence-electron chi connectivity index (χ3n) is 5.32. The number of fused-ring (bicyclic) bond motifs is 1. The lowest BCUT2D eigenvalue weighted by molar-refractivity contribution is 0.0985. The number of aryl methyl sites for hydroxylation is 1. The molecule has 30 heavy (non-hydrogen) atoms. The molecule has 2 aromatic carbocycles. The molecule has 0 atom stereocenters. The Bertz CT molecular complexity index is 1230. The Kier molecular flexibility index (Phi) is 4.43. The summed E-state index contributed by atoms with van der Waals surface area (Å²) < 4.78 is 31.5. The minimum atomic E-state index is -0.446. The molecular formula is C23H18F2N4O. The van der Waals surface area contributed by atoms with Gasteiger partial charge in [0.05, 0.1) is 11.9 Å². The number of hydrogen-bond acceptors (Lipinski definition) is 2. The third kappa shape index (κ3) is 2.99. The highest BCUT2D eigenvalue weighted by molar-refractivity contribution is 6.08. The van der Waals surface area contributed by atoms with Crippen molar-refractivity contribution in [1.29, 1.82) is 0 Å². The van der Waals surface area contributed by atoms with Gasteiger partial charge in [-0.2, -0.15) is 5.10 Å². The van der Waals surface area contributed by atoms with Crippen molar-refractivity contribution < 1.29 is 13.6 Å². The zero-order valence-electron chi connectivity index (χ0n) is 16.0. The Morgan fingerprint density at radius 2 is 1.77 bits per heavy atom. The van der Waals surface area contributed by atoms with Crippen LogP contribution in [0.15, 0.2) is 73.2 Å². The molecule has 4 aromatic rings. The second-order valence-corrected chi connectivity index (χ2v) is 7.17. The average molecular weight is 404 g/mol. The van der Waals surface area contributed by atoms with Crippen LogP contribution >= 0.6 is 0 Å². The third-order valence-corrected chi connectivity index (χ3v) is 5.32. The summed E-state index contributed by atoms with van der Waals surface area (Å²) in [4.78, 5) is 15.1. The first-order chi connectivity index (χ1) is 14.6. The number of halogens is 2. The molecule has 5 rings (SSSR count). The molecule has 0 radical (unpaired) electrons. The SMILES string of the molecule is O=C(c1cnn(-c2ccccc2F)c1-n1cccc1)N1CCCc2ccc(F)cc21. The summed E-state index contributed by atoms with van der Waals surface area (Å²) in [6.45, 7) is 0.477. The van der Waals surface area contributed by atoms with Crippen LogP contribution in [-0.4, -0.2) is 26.8 Å². The Hall–Kier alpha value is -3.74. The van der Waals surface area contributed by atoms with Crippen molar-refractivity contribution in [3.8, 4) is 11.5 Å². The van der Waals surface area contributed by atoms with Crippen LogP contribution in [0.4, 0.5) is 14.5 Å². The summed E-state index contributed by atoms with van der Waals surface area (Å²) in [6, 6.07) is 14.4. The van der Waals surface area contributed by atoms with E-state index in [1.165, 1.54) is 29.1 Å². The number of carbonyl (C=O) groups is 1. The molecule has 1 amide bonds. The van der Waals surface area contributed by atoms with Crippen molar-refractivity contribution in [1.82, 2.24) is 14.3 Å². The number of amides is 1. The van der Waals surface area contributed by atoms with E-state index < -0.39 is 5.82 Å². The van der Waals surface area contributed by atoms with E-state index in [1.807, 2.05) is 12.1 Å². The normalized spacial score (nSPS) is 13.3. The summed E-state index contributed by atoms with van der Waals surface area (Å²) in [5.41, 5.74) is 2.06. The quantitative estimate of drug-likeness (QED) is 0.503. The van der Waals surface area contributed by atoms with E-state index in [-0.39, 0.29) is 17.4 Å². The summed E-state index contributed by atoms with van der Waals surface area (Å²) in [7, 11) is 0. The smallest absolute Gasteiger partial charge is 0.263 e. The topological polar surface area (TPSA) is 43.1 Å². The van der Waals surface area contributed by atoms with Gasteiger partial charge in [0.25, 0.3) is 5.91 Å². The molecule has 1 aliphatic heterocycles. The van der Waals surface area contributed by atoms with Crippen molar-refractivity contribution in [2.24, 2.45) is 0 Å². The number of rotatable bonds is 3. The number of hydrogen-bond donors (Lipinski definition) is 0. The maximum Gasteiger partial charge on any atom is 0.263 e. The van der Waals surface area contributed by atoms with Crippen molar-refractivity contribution in [3.05, 3.63) is 95.9 Å². The lowest BCUT2D eigenvalue weighted by Crippen LogP contribution is -2.36. The molecule has 0 N–H and O–H groups in total. The van der Waals surface area contributed by atoms with Gasteiger partial charge in [-0.25, -0.2) is 13.5 Å². The monoisotopic (exact) mass is 404 g/mol. The van der Waals surface area contributed by atoms with Gasteiger partial charge < -0.3 is 9.47 Å². The number of benzene rings is 2. The van der Waals surface area contributed by atoms with Crippen LogP contribution in [0.3, 0.4) is 0 Å². The van der Waals surface area contributed by atoms with Gasteiger partial charge in [-0.1, -0.05) is 18.2 Å². The number of anilines is 1. The van der Waals surface area contributed by atoms with Gasteiger partial charge in [0.15, 0.2) is 5.82 Å². The highest BCUT2D eigenvalue weighted by Crippen LogP contribution is 2.31. The van der Waals surface area contributed by atoms with E-state index in [9.17, 15) is 13.6 Å². The Labute approximate surface area is 171 Å². The molecule has 2 aromatic heterocycles. The number of para-hydroxylation sites is 1. The molecule has 1 aliphatic rings. The largest absolute Gasteiger partial charge is 0.308 e. The fourth-order valence-corrected chi connectivity index (χ4v) is 3.92. The lowest BCUT2D eigenvalue weighted by Gasteiger charge is -2.29. The predicted octanol–water partition coefficient (Wildman–Crippen LogP) is 4.53. The molecule has 3 heterocycles. The van der Waals surface area contributed by atoms with Gasteiger partial charge in [-0.15, -0.1) is 0 Å². The number of nitrogens with zero attached hydrogens (tertiary/aromatic N) is 4. The first-order valence-electron chi connectivity index (χ1n) is 9.70. The molecule has 7 heteroatoms. The number of carbonyl (C=O) groups excluding carboxylic acids is 1.